The first-order chi connectivity index (χ1) is 16.8. The zero-order valence-electron chi connectivity index (χ0n) is 20.3. The molecule has 0 spiro atoms. The molecule has 11 heteroatoms. The fourth-order valence-corrected chi connectivity index (χ4v) is 4.88. The number of hydrogen-bond donors (Lipinski definition) is 1. The summed E-state index contributed by atoms with van der Waals surface area (Å²) in [5.41, 5.74) is 1.40. The number of hydrazone groups is 1. The Morgan fingerprint density at radius 1 is 1.00 bits per heavy atom. The molecular formula is C25H32Cl3I2N3O3. The molecule has 2 unspecified atom stereocenters. The standard InChI is InChI=1S/C25H31Cl2I2N3O3.ClH/c1-17(14-28)32(18(2)15-29)25(33)20-12-22(26)24(23(27)13-20)35-11-5-3-4-10-34-21-8-6-19(7-9-21)16-31-30;/h6-9,12-13,16-18H,3-5,10-11,14-15,30H2,1-2H3;1H. The summed E-state index contributed by atoms with van der Waals surface area (Å²) in [7, 11) is 0. The first-order valence-electron chi connectivity index (χ1n) is 11.3. The number of unbranched alkanes of at least 4 members (excludes halogenated alkanes) is 2. The fraction of sp³-hybridized carbons (Fsp3) is 0.440. The molecule has 2 rings (SSSR count). The van der Waals surface area contributed by atoms with E-state index in [2.05, 4.69) is 50.3 Å². The van der Waals surface area contributed by atoms with Gasteiger partial charge < -0.3 is 20.2 Å². The quantitative estimate of drug-likeness (QED) is 0.0541. The summed E-state index contributed by atoms with van der Waals surface area (Å²) in [5.74, 6) is 6.30. The molecule has 36 heavy (non-hydrogen) atoms. The summed E-state index contributed by atoms with van der Waals surface area (Å²) >= 11 is 17.5. The first-order valence-corrected chi connectivity index (χ1v) is 15.2. The van der Waals surface area contributed by atoms with Gasteiger partial charge in [0.1, 0.15) is 5.75 Å². The van der Waals surface area contributed by atoms with Gasteiger partial charge in [0.15, 0.2) is 5.75 Å². The van der Waals surface area contributed by atoms with Crippen molar-refractivity contribution in [1.82, 2.24) is 4.90 Å². The minimum absolute atomic E-state index is 0. The summed E-state index contributed by atoms with van der Waals surface area (Å²) in [5, 5.41) is 4.19. The number of benzene rings is 2. The second-order valence-electron chi connectivity index (χ2n) is 8.09. The maximum absolute atomic E-state index is 13.2. The van der Waals surface area contributed by atoms with E-state index in [1.165, 1.54) is 0 Å². The second-order valence-corrected chi connectivity index (χ2v) is 10.7. The number of carbonyl (C=O) groups is 1. The highest BCUT2D eigenvalue weighted by Crippen LogP contribution is 2.35. The molecule has 0 fully saturated rings. The highest BCUT2D eigenvalue weighted by atomic mass is 127. The monoisotopic (exact) mass is 781 g/mol. The van der Waals surface area contributed by atoms with E-state index >= 15 is 0 Å². The third kappa shape index (κ3) is 10.2. The summed E-state index contributed by atoms with van der Waals surface area (Å²) in [6.45, 7) is 5.19. The lowest BCUT2D eigenvalue weighted by molar-refractivity contribution is 0.0656. The number of ether oxygens (including phenoxy) is 2. The molecule has 2 aromatic carbocycles. The smallest absolute Gasteiger partial charge is 0.254 e. The number of hydrogen-bond acceptors (Lipinski definition) is 5. The molecule has 0 saturated carbocycles. The number of halogens is 5. The van der Waals surface area contributed by atoms with Crippen molar-refractivity contribution in [2.45, 2.75) is 45.2 Å². The van der Waals surface area contributed by atoms with Crippen molar-refractivity contribution in [3.8, 4) is 11.5 Å². The van der Waals surface area contributed by atoms with Crippen LogP contribution in [0.5, 0.6) is 11.5 Å². The predicted octanol–water partition coefficient (Wildman–Crippen LogP) is 7.43. The molecule has 0 aliphatic rings. The van der Waals surface area contributed by atoms with Crippen LogP contribution in [0.15, 0.2) is 41.5 Å². The number of carbonyl (C=O) groups excluding carboxylic acids is 1. The third-order valence-corrected chi connectivity index (χ3v) is 8.39. The molecule has 200 valence electrons. The average Bonchev–Trinajstić information content (AvgIpc) is 2.85. The molecule has 1 amide bonds. The Balaban J connectivity index is 0.00000648. The number of rotatable bonds is 14. The van der Waals surface area contributed by atoms with Gasteiger partial charge in [0.05, 0.1) is 29.5 Å². The minimum Gasteiger partial charge on any atom is -0.494 e. The Bertz CT molecular complexity index is 948. The molecular weight excluding hydrogens is 750 g/mol. The van der Waals surface area contributed by atoms with Crippen molar-refractivity contribution >= 4 is 92.9 Å². The van der Waals surface area contributed by atoms with Crippen LogP contribution in [0.4, 0.5) is 0 Å². The van der Waals surface area contributed by atoms with Crippen molar-refractivity contribution < 1.29 is 14.3 Å². The molecule has 0 heterocycles. The Morgan fingerprint density at radius 3 is 2.03 bits per heavy atom. The van der Waals surface area contributed by atoms with Gasteiger partial charge in [-0.1, -0.05) is 68.4 Å². The van der Waals surface area contributed by atoms with Crippen molar-refractivity contribution in [2.24, 2.45) is 10.9 Å². The maximum atomic E-state index is 13.2. The molecule has 0 bridgehead atoms. The average molecular weight is 783 g/mol. The van der Waals surface area contributed by atoms with E-state index in [0.717, 1.165) is 39.4 Å². The van der Waals surface area contributed by atoms with Gasteiger partial charge in [0, 0.05) is 26.5 Å². The van der Waals surface area contributed by atoms with E-state index in [1.807, 2.05) is 43.0 Å². The summed E-state index contributed by atoms with van der Waals surface area (Å²) in [4.78, 5) is 15.1. The van der Waals surface area contributed by atoms with Crippen LogP contribution in [0.1, 0.15) is 49.0 Å². The van der Waals surface area contributed by atoms with Gasteiger partial charge in [-0.2, -0.15) is 5.10 Å². The van der Waals surface area contributed by atoms with Crippen LogP contribution in [0.25, 0.3) is 0 Å². The minimum atomic E-state index is -0.0733. The van der Waals surface area contributed by atoms with Crippen LogP contribution in [0.3, 0.4) is 0 Å². The highest BCUT2D eigenvalue weighted by Gasteiger charge is 2.26. The van der Waals surface area contributed by atoms with Crippen LogP contribution in [0.2, 0.25) is 10.0 Å². The van der Waals surface area contributed by atoms with Crippen molar-refractivity contribution in [3.05, 3.63) is 57.6 Å². The van der Waals surface area contributed by atoms with Gasteiger partial charge in [-0.25, -0.2) is 0 Å². The second kappa shape index (κ2) is 17.8. The lowest BCUT2D eigenvalue weighted by atomic mass is 10.1. The van der Waals surface area contributed by atoms with Gasteiger partial charge >= 0.3 is 0 Å². The Labute approximate surface area is 257 Å². The lowest BCUT2D eigenvalue weighted by Gasteiger charge is -2.33. The van der Waals surface area contributed by atoms with E-state index in [4.69, 9.17) is 38.5 Å². The molecule has 0 saturated heterocycles. The Kier molecular flexibility index (Phi) is 16.4. The van der Waals surface area contributed by atoms with Crippen LogP contribution in [-0.2, 0) is 0 Å². The molecule has 2 aromatic rings. The van der Waals surface area contributed by atoms with Gasteiger partial charge in [-0.15, -0.1) is 12.4 Å². The Hall–Kier alpha value is -0.690. The van der Waals surface area contributed by atoms with Crippen molar-refractivity contribution in [2.75, 3.05) is 22.1 Å². The van der Waals surface area contributed by atoms with Gasteiger partial charge in [-0.3, -0.25) is 4.79 Å². The van der Waals surface area contributed by atoms with E-state index in [-0.39, 0.29) is 30.4 Å². The molecule has 2 N–H and O–H groups in total. The lowest BCUT2D eigenvalue weighted by Crippen LogP contribution is -2.46. The normalized spacial score (nSPS) is 12.6. The van der Waals surface area contributed by atoms with Crippen molar-refractivity contribution in [1.29, 1.82) is 0 Å². The third-order valence-electron chi connectivity index (χ3n) is 5.28. The van der Waals surface area contributed by atoms with Crippen LogP contribution in [-0.4, -0.2) is 51.2 Å². The number of alkyl halides is 2. The molecule has 0 aliphatic carbocycles. The van der Waals surface area contributed by atoms with Gasteiger partial charge in [-0.05, 0) is 75.1 Å². The molecule has 0 radical (unpaired) electrons. The summed E-state index contributed by atoms with van der Waals surface area (Å²) in [6, 6.07) is 11.1. The van der Waals surface area contributed by atoms with Gasteiger partial charge in [0.25, 0.3) is 5.91 Å². The topological polar surface area (TPSA) is 77.2 Å². The first kappa shape index (κ1) is 33.3. The van der Waals surface area contributed by atoms with Crippen molar-refractivity contribution in [3.63, 3.8) is 0 Å². The van der Waals surface area contributed by atoms with E-state index in [0.29, 0.717) is 34.6 Å². The van der Waals surface area contributed by atoms with E-state index in [9.17, 15) is 4.79 Å². The van der Waals surface area contributed by atoms with Crippen LogP contribution < -0.4 is 15.3 Å². The largest absolute Gasteiger partial charge is 0.494 e. The zero-order valence-corrected chi connectivity index (χ0v) is 26.9. The highest BCUT2D eigenvalue weighted by molar-refractivity contribution is 14.1. The molecule has 6 nitrogen and oxygen atoms in total. The van der Waals surface area contributed by atoms with Crippen LogP contribution >= 0.6 is 80.8 Å². The van der Waals surface area contributed by atoms with E-state index < -0.39 is 0 Å². The summed E-state index contributed by atoms with van der Waals surface area (Å²) < 4.78 is 13.3. The Morgan fingerprint density at radius 2 is 1.53 bits per heavy atom. The molecule has 0 aromatic heterocycles. The fourth-order valence-electron chi connectivity index (χ4n) is 3.44. The van der Waals surface area contributed by atoms with Crippen LogP contribution in [0, 0.1) is 0 Å². The predicted molar refractivity (Wildman–Crippen MR) is 170 cm³/mol. The number of nitrogens with two attached hydrogens (primary N) is 1. The zero-order chi connectivity index (χ0) is 25.8. The van der Waals surface area contributed by atoms with Gasteiger partial charge in [0.2, 0.25) is 0 Å². The van der Waals surface area contributed by atoms with E-state index in [1.54, 1.807) is 18.3 Å². The number of amides is 1. The number of nitrogens with zero attached hydrogens (tertiary/aromatic N) is 2. The molecule has 2 atom stereocenters. The maximum Gasteiger partial charge on any atom is 0.254 e. The SMILES string of the molecule is CC(CI)N(C(=O)c1cc(Cl)c(OCCCCCOc2ccc(C=NN)cc2)c(Cl)c1)C(C)CI.Cl. The molecule has 0 aliphatic heterocycles. The summed E-state index contributed by atoms with van der Waals surface area (Å²) in [6.07, 6.45) is 4.24.